The van der Waals surface area contributed by atoms with E-state index in [1.54, 1.807) is 0 Å². The molecule has 0 aromatic heterocycles. The van der Waals surface area contributed by atoms with Gasteiger partial charge >= 0.3 is 0 Å². The minimum Gasteiger partial charge on any atom is -0.291 e. The Bertz CT molecular complexity index is 875. The quantitative estimate of drug-likeness (QED) is 0.610. The van der Waals surface area contributed by atoms with E-state index in [0.29, 0.717) is 0 Å². The molecule has 0 atom stereocenters. The number of nitrogens with zero attached hydrogens (tertiary/aromatic N) is 1. The van der Waals surface area contributed by atoms with Gasteiger partial charge in [-0.05, 0) is 40.8 Å². The van der Waals surface area contributed by atoms with Crippen molar-refractivity contribution >= 4 is 11.6 Å². The Kier molecular flexibility index (Phi) is 4.49. The summed E-state index contributed by atoms with van der Waals surface area (Å²) in [4.78, 5) is 2.53. The fourth-order valence-corrected chi connectivity index (χ4v) is 3.54. The molecule has 1 aliphatic heterocycles. The summed E-state index contributed by atoms with van der Waals surface area (Å²) in [5.41, 5.74) is 8.17. The van der Waals surface area contributed by atoms with E-state index in [1.165, 1.54) is 33.4 Å². The zero-order chi connectivity index (χ0) is 17.1. The molecule has 0 saturated carbocycles. The van der Waals surface area contributed by atoms with Crippen molar-refractivity contribution in [3.8, 4) is 0 Å². The molecule has 0 unspecified atom stereocenters. The number of fused-ring (bicyclic) bond motifs is 1. The summed E-state index contributed by atoms with van der Waals surface area (Å²) in [6.45, 7) is 5.12. The maximum Gasteiger partial charge on any atom is 0.0247 e. The van der Waals surface area contributed by atoms with Gasteiger partial charge in [0.05, 0.1) is 0 Å². The van der Waals surface area contributed by atoms with Crippen LogP contribution in [0.1, 0.15) is 27.8 Å². The Morgan fingerprint density at radius 2 is 1.52 bits per heavy atom. The Morgan fingerprint density at radius 3 is 2.32 bits per heavy atom. The summed E-state index contributed by atoms with van der Waals surface area (Å²) in [5, 5.41) is 0. The first-order chi connectivity index (χ1) is 12.3. The highest BCUT2D eigenvalue weighted by atomic mass is 15.1. The molecule has 0 radical (unpaired) electrons. The fourth-order valence-electron chi connectivity index (χ4n) is 3.54. The van der Waals surface area contributed by atoms with E-state index in [9.17, 15) is 0 Å². The van der Waals surface area contributed by atoms with Gasteiger partial charge in [0.15, 0.2) is 0 Å². The molecule has 0 amide bonds. The molecule has 0 bridgehead atoms. The summed E-state index contributed by atoms with van der Waals surface area (Å²) in [6.07, 6.45) is 2.34. The van der Waals surface area contributed by atoms with Crippen molar-refractivity contribution in [2.75, 3.05) is 6.54 Å². The molecule has 25 heavy (non-hydrogen) atoms. The van der Waals surface area contributed by atoms with Crippen LogP contribution in [0.25, 0.3) is 11.6 Å². The SMILES string of the molecule is Cc1ccc(/C=C2/CN(Cc3ccccc3)Cc3ccccc32)cc1. The summed E-state index contributed by atoms with van der Waals surface area (Å²) in [6, 6.07) is 28.3. The molecule has 0 saturated heterocycles. The van der Waals surface area contributed by atoms with Crippen LogP contribution in [0.15, 0.2) is 78.9 Å². The van der Waals surface area contributed by atoms with Gasteiger partial charge < -0.3 is 0 Å². The van der Waals surface area contributed by atoms with E-state index >= 15 is 0 Å². The second-order valence-corrected chi connectivity index (χ2v) is 6.87. The Balaban J connectivity index is 1.66. The minimum atomic E-state index is 0.986. The van der Waals surface area contributed by atoms with Crippen molar-refractivity contribution in [1.82, 2.24) is 4.90 Å². The first-order valence-electron chi connectivity index (χ1n) is 8.90. The predicted molar refractivity (Wildman–Crippen MR) is 106 cm³/mol. The van der Waals surface area contributed by atoms with Gasteiger partial charge in [-0.25, -0.2) is 0 Å². The van der Waals surface area contributed by atoms with Crippen LogP contribution in [0.2, 0.25) is 0 Å². The molecule has 3 aromatic rings. The number of hydrogen-bond acceptors (Lipinski definition) is 1. The number of hydrogen-bond donors (Lipinski definition) is 0. The molecule has 1 aliphatic rings. The Morgan fingerprint density at radius 1 is 0.800 bits per heavy atom. The second-order valence-electron chi connectivity index (χ2n) is 6.87. The number of rotatable bonds is 3. The summed E-state index contributed by atoms with van der Waals surface area (Å²) in [5.74, 6) is 0. The maximum atomic E-state index is 2.53. The summed E-state index contributed by atoms with van der Waals surface area (Å²) < 4.78 is 0. The number of benzene rings is 3. The fraction of sp³-hybridized carbons (Fsp3) is 0.167. The topological polar surface area (TPSA) is 3.24 Å². The third-order valence-corrected chi connectivity index (χ3v) is 4.82. The smallest absolute Gasteiger partial charge is 0.0247 e. The lowest BCUT2D eigenvalue weighted by Gasteiger charge is -2.31. The standard InChI is InChI=1S/C24H23N/c1-19-11-13-20(14-12-19)15-23-18-25(16-21-7-3-2-4-8-21)17-22-9-5-6-10-24(22)23/h2-15H,16-18H2,1H3/b23-15-. The van der Waals surface area contributed by atoms with Crippen molar-refractivity contribution in [3.05, 3.63) is 107 Å². The van der Waals surface area contributed by atoms with Gasteiger partial charge in [0.25, 0.3) is 0 Å². The third kappa shape index (κ3) is 3.72. The summed E-state index contributed by atoms with van der Waals surface area (Å²) >= 11 is 0. The molecule has 1 nitrogen and oxygen atoms in total. The van der Waals surface area contributed by atoms with Gasteiger partial charge in [-0.1, -0.05) is 84.4 Å². The second kappa shape index (κ2) is 7.08. The zero-order valence-corrected chi connectivity index (χ0v) is 14.7. The van der Waals surface area contributed by atoms with Gasteiger partial charge in [-0.3, -0.25) is 4.90 Å². The van der Waals surface area contributed by atoms with Crippen LogP contribution in [0, 0.1) is 6.92 Å². The van der Waals surface area contributed by atoms with Crippen molar-refractivity contribution in [2.24, 2.45) is 0 Å². The van der Waals surface area contributed by atoms with Crippen molar-refractivity contribution in [2.45, 2.75) is 20.0 Å². The van der Waals surface area contributed by atoms with E-state index in [2.05, 4.69) is 96.8 Å². The normalized spacial score (nSPS) is 16.0. The Hall–Kier alpha value is -2.64. The summed E-state index contributed by atoms with van der Waals surface area (Å²) in [7, 11) is 0. The third-order valence-electron chi connectivity index (χ3n) is 4.82. The Labute approximate surface area is 150 Å². The van der Waals surface area contributed by atoms with Crippen LogP contribution in [0.3, 0.4) is 0 Å². The van der Waals surface area contributed by atoms with Crippen LogP contribution < -0.4 is 0 Å². The van der Waals surface area contributed by atoms with E-state index < -0.39 is 0 Å². The first-order valence-corrected chi connectivity index (χ1v) is 8.90. The van der Waals surface area contributed by atoms with Crippen molar-refractivity contribution < 1.29 is 0 Å². The van der Waals surface area contributed by atoms with Crippen LogP contribution in [0.5, 0.6) is 0 Å². The lowest BCUT2D eigenvalue weighted by molar-refractivity contribution is 0.283. The average molecular weight is 325 g/mol. The number of aryl methyl sites for hydroxylation is 1. The van der Waals surface area contributed by atoms with E-state index in [0.717, 1.165) is 19.6 Å². The lowest BCUT2D eigenvalue weighted by Crippen LogP contribution is -2.29. The molecular weight excluding hydrogens is 302 g/mol. The highest BCUT2D eigenvalue weighted by Gasteiger charge is 2.20. The maximum absolute atomic E-state index is 2.53. The van der Waals surface area contributed by atoms with Gasteiger partial charge in [-0.15, -0.1) is 0 Å². The monoisotopic (exact) mass is 325 g/mol. The van der Waals surface area contributed by atoms with E-state index in [-0.39, 0.29) is 0 Å². The first kappa shape index (κ1) is 15.9. The molecule has 0 aliphatic carbocycles. The van der Waals surface area contributed by atoms with Gasteiger partial charge in [0, 0.05) is 19.6 Å². The minimum absolute atomic E-state index is 0.986. The zero-order valence-electron chi connectivity index (χ0n) is 14.7. The van der Waals surface area contributed by atoms with Crippen molar-refractivity contribution in [3.63, 3.8) is 0 Å². The van der Waals surface area contributed by atoms with E-state index in [4.69, 9.17) is 0 Å². The molecule has 0 fully saturated rings. The van der Waals surface area contributed by atoms with Gasteiger partial charge in [-0.2, -0.15) is 0 Å². The highest BCUT2D eigenvalue weighted by Crippen LogP contribution is 2.30. The van der Waals surface area contributed by atoms with Crippen LogP contribution in [-0.2, 0) is 13.1 Å². The molecular formula is C24H23N. The molecule has 1 heterocycles. The van der Waals surface area contributed by atoms with E-state index in [1.807, 2.05) is 0 Å². The molecule has 0 N–H and O–H groups in total. The molecule has 4 rings (SSSR count). The largest absolute Gasteiger partial charge is 0.291 e. The predicted octanol–water partition coefficient (Wildman–Crippen LogP) is 5.55. The molecule has 3 aromatic carbocycles. The molecule has 0 spiro atoms. The van der Waals surface area contributed by atoms with Crippen LogP contribution >= 0.6 is 0 Å². The molecule has 124 valence electrons. The lowest BCUT2D eigenvalue weighted by atomic mass is 9.93. The average Bonchev–Trinajstić information content (AvgIpc) is 2.64. The van der Waals surface area contributed by atoms with Crippen molar-refractivity contribution in [1.29, 1.82) is 0 Å². The van der Waals surface area contributed by atoms with Crippen LogP contribution in [0.4, 0.5) is 0 Å². The highest BCUT2D eigenvalue weighted by molar-refractivity contribution is 5.84. The van der Waals surface area contributed by atoms with Crippen LogP contribution in [-0.4, -0.2) is 11.4 Å². The molecule has 1 heteroatoms. The van der Waals surface area contributed by atoms with Gasteiger partial charge in [0.1, 0.15) is 0 Å². The van der Waals surface area contributed by atoms with Gasteiger partial charge in [0.2, 0.25) is 0 Å².